The van der Waals surface area contributed by atoms with Crippen LogP contribution in [0.15, 0.2) is 158 Å². The van der Waals surface area contributed by atoms with E-state index in [0.29, 0.717) is 11.6 Å². The zero-order chi connectivity index (χ0) is 35.9. The summed E-state index contributed by atoms with van der Waals surface area (Å²) >= 11 is 0. The average molecular weight is 691 g/mol. The summed E-state index contributed by atoms with van der Waals surface area (Å²) in [5.74, 6) is 0.584. The third kappa shape index (κ3) is 3.94. The highest BCUT2D eigenvalue weighted by Crippen LogP contribution is 2.43. The molecule has 0 N–H and O–H groups in total. The van der Waals surface area contributed by atoms with Gasteiger partial charge in [0.1, 0.15) is 23.4 Å². The van der Waals surface area contributed by atoms with Gasteiger partial charge in [0, 0.05) is 43.7 Å². The summed E-state index contributed by atoms with van der Waals surface area (Å²) in [5, 5.41) is 28.2. The number of para-hydroxylation sites is 6. The number of hydrogen-bond donors (Lipinski definition) is 0. The second kappa shape index (κ2) is 11.3. The molecule has 0 saturated carbocycles. The van der Waals surface area contributed by atoms with Gasteiger partial charge in [-0.1, -0.05) is 109 Å². The molecule has 0 aliphatic carbocycles. The van der Waals surface area contributed by atoms with Crippen molar-refractivity contribution in [3.8, 4) is 35.1 Å². The molecule has 0 spiro atoms. The smallest absolute Gasteiger partial charge is 0.186 e. The molecule has 250 valence electrons. The number of hydrogen-bond acceptors (Lipinski definition) is 4. The van der Waals surface area contributed by atoms with E-state index in [2.05, 4.69) is 81.9 Å². The molecule has 0 atom stereocenters. The zero-order valence-corrected chi connectivity index (χ0v) is 28.6. The Balaban J connectivity index is 1.29. The molecule has 0 aliphatic heterocycles. The first-order valence-corrected chi connectivity index (χ1v) is 17.7. The van der Waals surface area contributed by atoms with E-state index in [4.69, 9.17) is 9.97 Å². The fourth-order valence-corrected chi connectivity index (χ4v) is 8.38. The highest BCUT2D eigenvalue weighted by molar-refractivity contribution is 6.23. The normalized spacial score (nSPS) is 11.7. The Morgan fingerprint density at radius 1 is 0.352 bits per heavy atom. The largest absolute Gasteiger partial charge is 0.295 e. The lowest BCUT2D eigenvalue weighted by Crippen LogP contribution is -2.13. The Kier molecular flexibility index (Phi) is 6.22. The SMILES string of the molecule is N#Cc1nc(-n2c3ccccc3c3c4ccccc4n(-c4ccccc4)c32)c(C#N)nc1-n1c2ccccc2c2c3ccccc3n(-c3ccccc3)c21. The minimum Gasteiger partial charge on any atom is -0.295 e. The van der Waals surface area contributed by atoms with Crippen molar-refractivity contribution in [2.75, 3.05) is 0 Å². The van der Waals surface area contributed by atoms with E-state index in [9.17, 15) is 10.5 Å². The highest BCUT2D eigenvalue weighted by Gasteiger charge is 2.28. The lowest BCUT2D eigenvalue weighted by atomic mass is 10.1. The fourth-order valence-electron chi connectivity index (χ4n) is 8.38. The van der Waals surface area contributed by atoms with Crippen molar-refractivity contribution in [2.24, 2.45) is 0 Å². The summed E-state index contributed by atoms with van der Waals surface area (Å²) in [5.41, 5.74) is 7.57. The molecule has 11 aromatic rings. The molecule has 54 heavy (non-hydrogen) atoms. The first-order valence-electron chi connectivity index (χ1n) is 17.7. The van der Waals surface area contributed by atoms with Crippen molar-refractivity contribution >= 4 is 65.7 Å². The standard InChI is InChI=1S/C46H26N8/c47-27-35-43(53-39-25-13-9-21-33(39)41-31-19-7-11-23-37(31)51(45(41)53)29-15-3-1-4-16-29)49-36(28-48)44(50-35)54-40-26-14-10-22-34(40)42-32-20-8-12-24-38(32)52(46(42)54)30-17-5-2-6-18-30/h1-26H. The van der Waals surface area contributed by atoms with Crippen LogP contribution in [0.3, 0.4) is 0 Å². The molecular weight excluding hydrogens is 665 g/mol. The van der Waals surface area contributed by atoms with Crippen molar-refractivity contribution in [3.05, 3.63) is 169 Å². The molecule has 0 bridgehead atoms. The van der Waals surface area contributed by atoms with Gasteiger partial charge in [0.2, 0.25) is 0 Å². The van der Waals surface area contributed by atoms with Crippen LogP contribution >= 0.6 is 0 Å². The van der Waals surface area contributed by atoms with Crippen LogP contribution in [0.5, 0.6) is 0 Å². The predicted octanol–water partition coefficient (Wildman–Crippen LogP) is 10.3. The van der Waals surface area contributed by atoms with Gasteiger partial charge in [-0.05, 0) is 48.5 Å². The maximum absolute atomic E-state index is 11.0. The lowest BCUT2D eigenvalue weighted by molar-refractivity contribution is 0.934. The molecule has 8 heteroatoms. The third-order valence-corrected chi connectivity index (χ3v) is 10.5. The van der Waals surface area contributed by atoms with Gasteiger partial charge in [0.15, 0.2) is 23.0 Å². The van der Waals surface area contributed by atoms with Gasteiger partial charge in [-0.2, -0.15) is 10.5 Å². The maximum Gasteiger partial charge on any atom is 0.186 e. The summed E-state index contributed by atoms with van der Waals surface area (Å²) in [6.45, 7) is 0. The van der Waals surface area contributed by atoms with Gasteiger partial charge >= 0.3 is 0 Å². The first kappa shape index (κ1) is 29.8. The van der Waals surface area contributed by atoms with E-state index in [1.54, 1.807) is 0 Å². The minimum absolute atomic E-state index is 0.102. The monoisotopic (exact) mass is 690 g/mol. The third-order valence-electron chi connectivity index (χ3n) is 10.5. The number of aromatic nitrogens is 6. The van der Waals surface area contributed by atoms with Crippen LogP contribution in [0.2, 0.25) is 0 Å². The summed E-state index contributed by atoms with van der Waals surface area (Å²) in [6, 6.07) is 58.0. The predicted molar refractivity (Wildman–Crippen MR) is 214 cm³/mol. The second-order valence-electron chi connectivity index (χ2n) is 13.3. The molecule has 5 heterocycles. The maximum atomic E-state index is 11.0. The van der Waals surface area contributed by atoms with Gasteiger partial charge in [0.05, 0.1) is 22.1 Å². The Hall–Kier alpha value is -7.94. The molecule has 0 amide bonds. The molecule has 11 rings (SSSR count). The Morgan fingerprint density at radius 2 is 0.648 bits per heavy atom. The average Bonchev–Trinajstić information content (AvgIpc) is 3.95. The van der Waals surface area contributed by atoms with Crippen molar-refractivity contribution in [1.82, 2.24) is 28.2 Å². The summed E-state index contributed by atoms with van der Waals surface area (Å²) in [4.78, 5) is 10.2. The number of rotatable bonds is 4. The van der Waals surface area contributed by atoms with E-state index in [-0.39, 0.29) is 11.4 Å². The van der Waals surface area contributed by atoms with Crippen LogP contribution < -0.4 is 0 Å². The molecule has 0 aliphatic rings. The van der Waals surface area contributed by atoms with Crippen LogP contribution in [-0.2, 0) is 0 Å². The van der Waals surface area contributed by atoms with Crippen LogP contribution in [0.4, 0.5) is 0 Å². The molecule has 0 radical (unpaired) electrons. The first-order chi connectivity index (χ1) is 26.8. The van der Waals surface area contributed by atoms with E-state index >= 15 is 0 Å². The van der Waals surface area contributed by atoms with E-state index in [1.165, 1.54) is 0 Å². The highest BCUT2D eigenvalue weighted by atomic mass is 15.2. The molecule has 8 nitrogen and oxygen atoms in total. The van der Waals surface area contributed by atoms with E-state index in [1.807, 2.05) is 106 Å². The van der Waals surface area contributed by atoms with Gasteiger partial charge in [-0.25, -0.2) is 9.97 Å². The number of benzene rings is 6. The van der Waals surface area contributed by atoms with Gasteiger partial charge in [0.25, 0.3) is 0 Å². The van der Waals surface area contributed by atoms with Crippen molar-refractivity contribution in [1.29, 1.82) is 10.5 Å². The summed E-state index contributed by atoms with van der Waals surface area (Å²) in [6.07, 6.45) is 0. The zero-order valence-electron chi connectivity index (χ0n) is 28.6. The van der Waals surface area contributed by atoms with Gasteiger partial charge in [-0.3, -0.25) is 18.3 Å². The quantitative estimate of drug-likeness (QED) is 0.184. The molecular formula is C46H26N8. The molecule has 0 unspecified atom stereocenters. The van der Waals surface area contributed by atoms with E-state index in [0.717, 1.165) is 77.1 Å². The summed E-state index contributed by atoms with van der Waals surface area (Å²) < 4.78 is 8.40. The number of nitrogens with zero attached hydrogens (tertiary/aromatic N) is 8. The van der Waals surface area contributed by atoms with Crippen LogP contribution in [0, 0.1) is 22.7 Å². The van der Waals surface area contributed by atoms with Crippen molar-refractivity contribution in [3.63, 3.8) is 0 Å². The van der Waals surface area contributed by atoms with Gasteiger partial charge in [-0.15, -0.1) is 0 Å². The van der Waals surface area contributed by atoms with Crippen LogP contribution in [-0.4, -0.2) is 28.2 Å². The Bertz CT molecular complexity index is 3170. The number of nitriles is 2. The van der Waals surface area contributed by atoms with Crippen molar-refractivity contribution < 1.29 is 0 Å². The summed E-state index contributed by atoms with van der Waals surface area (Å²) in [7, 11) is 0. The number of fused-ring (bicyclic) bond motifs is 10. The topological polar surface area (TPSA) is 93.1 Å². The van der Waals surface area contributed by atoms with Gasteiger partial charge < -0.3 is 0 Å². The fraction of sp³-hybridized carbons (Fsp3) is 0. The molecule has 0 fully saturated rings. The Labute approximate surface area is 307 Å². The van der Waals surface area contributed by atoms with E-state index < -0.39 is 0 Å². The Morgan fingerprint density at radius 3 is 0.981 bits per heavy atom. The van der Waals surface area contributed by atoms with Crippen molar-refractivity contribution in [2.45, 2.75) is 0 Å². The molecule has 6 aromatic carbocycles. The second-order valence-corrected chi connectivity index (χ2v) is 13.3. The lowest BCUT2D eigenvalue weighted by Gasteiger charge is -2.16. The minimum atomic E-state index is 0.102. The van der Waals surface area contributed by atoms with Crippen LogP contribution in [0.1, 0.15) is 11.4 Å². The van der Waals surface area contributed by atoms with Crippen LogP contribution in [0.25, 0.3) is 88.7 Å². The molecule has 5 aromatic heterocycles. The molecule has 0 saturated heterocycles.